The Balaban J connectivity index is 1.44. The van der Waals surface area contributed by atoms with Crippen molar-refractivity contribution in [3.8, 4) is 11.1 Å². The number of aryl methyl sites for hydroxylation is 2. The number of benzene rings is 4. The minimum Gasteiger partial charge on any atom is -0.336 e. The first kappa shape index (κ1) is 33.2. The highest BCUT2D eigenvalue weighted by atomic mass is 79.9. The summed E-state index contributed by atoms with van der Waals surface area (Å²) in [7, 11) is 0. The number of aromatic nitrogens is 2. The average molecular weight is 688 g/mol. The predicted molar refractivity (Wildman–Crippen MR) is 183 cm³/mol. The van der Waals surface area contributed by atoms with Crippen LogP contribution in [0.3, 0.4) is 0 Å². The standard InChI is InChI=1S/C37H37BrF2N4O2/c1-3-42(4-2)22-23-43(24-26-12-14-27(15-13-26)28-16-19-30(38)20-17-28)35(45)25-44-33-11-6-5-9-31(33)37(46)41-34(44)21-18-29-8-7-10-32(39)36(29)40/h5-17,19-20H,3-4,18,21-25H2,1-2H3. The summed E-state index contributed by atoms with van der Waals surface area (Å²) in [6.45, 7) is 7.53. The van der Waals surface area contributed by atoms with E-state index < -0.39 is 17.2 Å². The molecule has 0 fully saturated rings. The lowest BCUT2D eigenvalue weighted by atomic mass is 10.0. The van der Waals surface area contributed by atoms with Crippen molar-refractivity contribution in [3.63, 3.8) is 0 Å². The van der Waals surface area contributed by atoms with Gasteiger partial charge in [0.15, 0.2) is 11.6 Å². The lowest BCUT2D eigenvalue weighted by Crippen LogP contribution is -2.40. The minimum atomic E-state index is -0.926. The largest absolute Gasteiger partial charge is 0.336 e. The van der Waals surface area contributed by atoms with Crippen LogP contribution in [0, 0.1) is 11.6 Å². The van der Waals surface area contributed by atoms with Crippen molar-refractivity contribution >= 4 is 32.7 Å². The third-order valence-electron chi connectivity index (χ3n) is 8.35. The molecule has 0 aliphatic heterocycles. The fraction of sp³-hybridized carbons (Fsp3) is 0.270. The highest BCUT2D eigenvalue weighted by Gasteiger charge is 2.20. The number of para-hydroxylation sites is 1. The molecule has 4 aromatic carbocycles. The summed E-state index contributed by atoms with van der Waals surface area (Å²) in [6, 6.07) is 27.4. The number of carbonyl (C=O) groups excluding carboxylic acids is 1. The Morgan fingerprint density at radius 2 is 1.50 bits per heavy atom. The molecule has 5 aromatic rings. The Kier molecular flexibility index (Phi) is 11.1. The van der Waals surface area contributed by atoms with E-state index in [1.807, 2.05) is 35.2 Å². The molecule has 0 unspecified atom stereocenters. The molecular weight excluding hydrogens is 650 g/mol. The summed E-state index contributed by atoms with van der Waals surface area (Å²) in [5.41, 5.74) is 3.53. The van der Waals surface area contributed by atoms with Crippen LogP contribution >= 0.6 is 15.9 Å². The molecule has 1 aromatic heterocycles. The van der Waals surface area contributed by atoms with Gasteiger partial charge in [0, 0.05) is 30.5 Å². The first-order valence-electron chi connectivity index (χ1n) is 15.5. The van der Waals surface area contributed by atoms with Crippen LogP contribution in [0.5, 0.6) is 0 Å². The molecule has 5 rings (SSSR count). The molecule has 9 heteroatoms. The normalized spacial score (nSPS) is 11.3. The van der Waals surface area contributed by atoms with E-state index in [1.54, 1.807) is 22.8 Å². The number of hydrogen-bond acceptors (Lipinski definition) is 4. The molecule has 238 valence electrons. The molecule has 0 aliphatic rings. The van der Waals surface area contributed by atoms with Gasteiger partial charge in [0.05, 0.1) is 10.9 Å². The number of carbonyl (C=O) groups is 1. The van der Waals surface area contributed by atoms with Crippen molar-refractivity contribution < 1.29 is 13.6 Å². The van der Waals surface area contributed by atoms with Crippen molar-refractivity contribution in [2.75, 3.05) is 26.2 Å². The predicted octanol–water partition coefficient (Wildman–Crippen LogP) is 7.26. The molecular formula is C37H37BrF2N4O2. The Morgan fingerprint density at radius 1 is 0.826 bits per heavy atom. The van der Waals surface area contributed by atoms with E-state index >= 15 is 0 Å². The SMILES string of the molecule is CCN(CC)CCN(Cc1ccc(-c2ccc(Br)cc2)cc1)C(=O)Cn1c(CCc2cccc(F)c2F)nc(=O)c2ccccc21. The van der Waals surface area contributed by atoms with E-state index in [1.165, 1.54) is 12.1 Å². The number of likely N-dealkylation sites (N-methyl/N-ethyl adjacent to an activating group) is 1. The quantitative estimate of drug-likeness (QED) is 0.131. The first-order chi connectivity index (χ1) is 22.3. The first-order valence-corrected chi connectivity index (χ1v) is 16.3. The van der Waals surface area contributed by atoms with Crippen molar-refractivity contribution in [3.05, 3.63) is 134 Å². The third-order valence-corrected chi connectivity index (χ3v) is 8.88. The molecule has 1 heterocycles. The van der Waals surface area contributed by atoms with Crippen LogP contribution in [0.15, 0.2) is 100 Å². The smallest absolute Gasteiger partial charge is 0.280 e. The molecule has 0 saturated carbocycles. The van der Waals surface area contributed by atoms with Gasteiger partial charge in [0.25, 0.3) is 5.56 Å². The highest BCUT2D eigenvalue weighted by Crippen LogP contribution is 2.23. The van der Waals surface area contributed by atoms with Gasteiger partial charge in [-0.05, 0) is 72.1 Å². The second kappa shape index (κ2) is 15.4. The summed E-state index contributed by atoms with van der Waals surface area (Å²) < 4.78 is 31.1. The zero-order chi connectivity index (χ0) is 32.6. The maximum atomic E-state index is 14.5. The number of halogens is 3. The average Bonchev–Trinajstić information content (AvgIpc) is 3.07. The van der Waals surface area contributed by atoms with Crippen LogP contribution in [-0.4, -0.2) is 51.4 Å². The topological polar surface area (TPSA) is 58.4 Å². The molecule has 46 heavy (non-hydrogen) atoms. The van der Waals surface area contributed by atoms with E-state index in [2.05, 4.69) is 63.9 Å². The van der Waals surface area contributed by atoms with E-state index in [4.69, 9.17) is 0 Å². The van der Waals surface area contributed by atoms with Crippen LogP contribution in [0.4, 0.5) is 8.78 Å². The maximum absolute atomic E-state index is 14.5. The van der Waals surface area contributed by atoms with E-state index in [0.717, 1.165) is 40.3 Å². The number of nitrogens with zero attached hydrogens (tertiary/aromatic N) is 4. The summed E-state index contributed by atoms with van der Waals surface area (Å²) in [5.74, 6) is -1.62. The van der Waals surface area contributed by atoms with Gasteiger partial charge in [0.1, 0.15) is 12.4 Å². The van der Waals surface area contributed by atoms with Gasteiger partial charge in [-0.3, -0.25) is 9.59 Å². The number of amides is 1. The molecule has 0 spiro atoms. The second-order valence-corrected chi connectivity index (χ2v) is 12.1. The van der Waals surface area contributed by atoms with Crippen LogP contribution in [0.2, 0.25) is 0 Å². The highest BCUT2D eigenvalue weighted by molar-refractivity contribution is 9.10. The molecule has 1 amide bonds. The molecule has 0 bridgehead atoms. The number of fused-ring (bicyclic) bond motifs is 1. The van der Waals surface area contributed by atoms with E-state index in [-0.39, 0.29) is 30.9 Å². The molecule has 0 saturated heterocycles. The lowest BCUT2D eigenvalue weighted by Gasteiger charge is -2.28. The minimum absolute atomic E-state index is 0.0516. The molecule has 0 aliphatic carbocycles. The summed E-state index contributed by atoms with van der Waals surface area (Å²) in [6.07, 6.45) is 0.281. The van der Waals surface area contributed by atoms with E-state index in [0.29, 0.717) is 36.4 Å². The summed E-state index contributed by atoms with van der Waals surface area (Å²) >= 11 is 3.48. The van der Waals surface area contributed by atoms with Gasteiger partial charge in [-0.15, -0.1) is 0 Å². The lowest BCUT2D eigenvalue weighted by molar-refractivity contribution is -0.132. The van der Waals surface area contributed by atoms with Crippen molar-refractivity contribution in [2.45, 2.75) is 39.8 Å². The summed E-state index contributed by atoms with van der Waals surface area (Å²) in [5, 5.41) is 0.397. The zero-order valence-electron chi connectivity index (χ0n) is 26.1. The van der Waals surface area contributed by atoms with Gasteiger partial charge >= 0.3 is 0 Å². The number of hydrogen-bond donors (Lipinski definition) is 0. The van der Waals surface area contributed by atoms with Gasteiger partial charge in [-0.25, -0.2) is 8.78 Å². The fourth-order valence-electron chi connectivity index (χ4n) is 5.62. The number of rotatable bonds is 13. The van der Waals surface area contributed by atoms with Gasteiger partial charge in [-0.1, -0.05) is 90.4 Å². The molecule has 6 nitrogen and oxygen atoms in total. The van der Waals surface area contributed by atoms with Crippen molar-refractivity contribution in [2.24, 2.45) is 0 Å². The van der Waals surface area contributed by atoms with E-state index in [9.17, 15) is 18.4 Å². The van der Waals surface area contributed by atoms with Crippen LogP contribution in [0.25, 0.3) is 22.0 Å². The van der Waals surface area contributed by atoms with Crippen LogP contribution in [0.1, 0.15) is 30.8 Å². The van der Waals surface area contributed by atoms with Gasteiger partial charge in [-0.2, -0.15) is 4.98 Å². The van der Waals surface area contributed by atoms with Crippen molar-refractivity contribution in [1.29, 1.82) is 0 Å². The maximum Gasteiger partial charge on any atom is 0.280 e. The molecule has 0 radical (unpaired) electrons. The summed E-state index contributed by atoms with van der Waals surface area (Å²) in [4.78, 5) is 35.6. The molecule has 0 N–H and O–H groups in total. The van der Waals surface area contributed by atoms with Gasteiger partial charge < -0.3 is 14.4 Å². The Bertz CT molecular complexity index is 1860. The van der Waals surface area contributed by atoms with Crippen molar-refractivity contribution in [1.82, 2.24) is 19.4 Å². The monoisotopic (exact) mass is 686 g/mol. The van der Waals surface area contributed by atoms with Crippen LogP contribution in [-0.2, 0) is 30.7 Å². The Hall–Kier alpha value is -4.21. The Morgan fingerprint density at radius 3 is 2.20 bits per heavy atom. The van der Waals surface area contributed by atoms with Crippen LogP contribution < -0.4 is 5.56 Å². The molecule has 0 atom stereocenters. The fourth-order valence-corrected chi connectivity index (χ4v) is 5.88. The second-order valence-electron chi connectivity index (χ2n) is 11.2. The van der Waals surface area contributed by atoms with Gasteiger partial charge in [0.2, 0.25) is 5.91 Å². The Labute approximate surface area is 276 Å². The third kappa shape index (κ3) is 7.95. The zero-order valence-corrected chi connectivity index (χ0v) is 27.6.